The first kappa shape index (κ1) is 12.8. The van der Waals surface area contributed by atoms with Crippen LogP contribution in [0.2, 0.25) is 0 Å². The summed E-state index contributed by atoms with van der Waals surface area (Å²) in [6, 6.07) is 9.51. The van der Waals surface area contributed by atoms with Crippen molar-refractivity contribution in [2.75, 3.05) is 13.2 Å². The summed E-state index contributed by atoms with van der Waals surface area (Å²) < 4.78 is 31.9. The number of fused-ring (bicyclic) bond motifs is 2. The Bertz CT molecular complexity index is 552. The molecule has 2 atom stereocenters. The van der Waals surface area contributed by atoms with Crippen LogP contribution < -0.4 is 0 Å². The van der Waals surface area contributed by atoms with E-state index in [1.165, 1.54) is 5.41 Å². The highest BCUT2D eigenvalue weighted by Crippen LogP contribution is 2.32. The lowest BCUT2D eigenvalue weighted by atomic mass is 10.2. The summed E-state index contributed by atoms with van der Waals surface area (Å²) in [4.78, 5) is 0. The molecule has 1 aromatic rings. The second-order valence-electron chi connectivity index (χ2n) is 5.01. The molecule has 2 unspecified atom stereocenters. The Morgan fingerprint density at radius 3 is 2.37 bits per heavy atom. The first-order valence-electron chi connectivity index (χ1n) is 6.51. The van der Waals surface area contributed by atoms with Crippen LogP contribution in [0.5, 0.6) is 0 Å². The average molecular weight is 279 g/mol. The van der Waals surface area contributed by atoms with Crippen LogP contribution in [0.1, 0.15) is 18.4 Å². The van der Waals surface area contributed by atoms with Crippen molar-refractivity contribution in [1.29, 1.82) is 0 Å². The molecule has 0 saturated carbocycles. The fourth-order valence-corrected chi connectivity index (χ4v) is 4.44. The van der Waals surface area contributed by atoms with Gasteiger partial charge in [-0.3, -0.25) is 0 Å². The van der Waals surface area contributed by atoms with Crippen molar-refractivity contribution < 1.29 is 13.2 Å². The second kappa shape index (κ2) is 5.07. The molecule has 1 aromatic carbocycles. The van der Waals surface area contributed by atoms with Gasteiger partial charge in [-0.25, -0.2) is 8.42 Å². The molecular weight excluding hydrogens is 262 g/mol. The fraction of sp³-hybridized carbons (Fsp3) is 0.429. The predicted octanol–water partition coefficient (Wildman–Crippen LogP) is 1.85. The van der Waals surface area contributed by atoms with Crippen LogP contribution in [0.4, 0.5) is 0 Å². The number of hydrogen-bond acceptors (Lipinski definition) is 3. The van der Waals surface area contributed by atoms with Gasteiger partial charge in [0.05, 0.1) is 13.2 Å². The van der Waals surface area contributed by atoms with Crippen LogP contribution in [0, 0.1) is 0 Å². The summed E-state index contributed by atoms with van der Waals surface area (Å²) in [5.74, 6) is 0. The van der Waals surface area contributed by atoms with Gasteiger partial charge in [-0.2, -0.15) is 4.31 Å². The summed E-state index contributed by atoms with van der Waals surface area (Å²) in [6.07, 6.45) is 3.47. The minimum atomic E-state index is -3.34. The van der Waals surface area contributed by atoms with Gasteiger partial charge in [0, 0.05) is 17.5 Å². The number of benzene rings is 1. The lowest BCUT2D eigenvalue weighted by Crippen LogP contribution is -2.48. The molecule has 0 N–H and O–H groups in total. The van der Waals surface area contributed by atoms with E-state index in [4.69, 9.17) is 4.74 Å². The Labute approximate surface area is 113 Å². The summed E-state index contributed by atoms with van der Waals surface area (Å²) in [5, 5.41) is 1.32. The zero-order chi connectivity index (χ0) is 13.3. The average Bonchev–Trinajstić information content (AvgIpc) is 2.70. The van der Waals surface area contributed by atoms with Crippen molar-refractivity contribution in [1.82, 2.24) is 4.31 Å². The van der Waals surface area contributed by atoms with E-state index >= 15 is 0 Å². The third-order valence-electron chi connectivity index (χ3n) is 3.70. The van der Waals surface area contributed by atoms with E-state index in [2.05, 4.69) is 0 Å². The topological polar surface area (TPSA) is 46.6 Å². The van der Waals surface area contributed by atoms with Gasteiger partial charge in [-0.15, -0.1) is 0 Å². The van der Waals surface area contributed by atoms with Gasteiger partial charge in [0.15, 0.2) is 0 Å². The number of rotatable bonds is 3. The monoisotopic (exact) mass is 279 g/mol. The summed E-state index contributed by atoms with van der Waals surface area (Å²) >= 11 is 0. The first-order valence-corrected chi connectivity index (χ1v) is 8.01. The summed E-state index contributed by atoms with van der Waals surface area (Å²) in [7, 11) is -3.34. The quantitative estimate of drug-likeness (QED) is 0.848. The summed E-state index contributed by atoms with van der Waals surface area (Å²) in [6.45, 7) is 1.05. The maximum Gasteiger partial charge on any atom is 0.236 e. The molecule has 0 aromatic heterocycles. The van der Waals surface area contributed by atoms with E-state index in [0.717, 1.165) is 18.4 Å². The molecule has 2 fully saturated rings. The SMILES string of the molecule is O=S(=O)(/C=C/c1ccccc1)N1C2CCC1COC2. The number of nitrogens with zero attached hydrogens (tertiary/aromatic N) is 1. The molecule has 102 valence electrons. The van der Waals surface area contributed by atoms with E-state index in [9.17, 15) is 8.42 Å². The minimum Gasteiger partial charge on any atom is -0.378 e. The lowest BCUT2D eigenvalue weighted by Gasteiger charge is -2.32. The fourth-order valence-electron chi connectivity index (χ4n) is 2.81. The van der Waals surface area contributed by atoms with Gasteiger partial charge in [-0.05, 0) is 24.5 Å². The first-order chi connectivity index (χ1) is 9.17. The molecular formula is C14H17NO3S. The summed E-state index contributed by atoms with van der Waals surface area (Å²) in [5.41, 5.74) is 0.895. The van der Waals surface area contributed by atoms with E-state index < -0.39 is 10.0 Å². The molecule has 2 saturated heterocycles. The maximum absolute atomic E-state index is 12.4. The molecule has 0 aliphatic carbocycles. The molecule has 5 heteroatoms. The Morgan fingerprint density at radius 2 is 1.74 bits per heavy atom. The van der Waals surface area contributed by atoms with Gasteiger partial charge >= 0.3 is 0 Å². The third-order valence-corrected chi connectivity index (χ3v) is 5.36. The van der Waals surface area contributed by atoms with Crippen molar-refractivity contribution >= 4 is 16.1 Å². The normalized spacial score (nSPS) is 28.0. The minimum absolute atomic E-state index is 0.0178. The number of morpholine rings is 1. The van der Waals surface area contributed by atoms with E-state index in [1.807, 2.05) is 30.3 Å². The molecule has 0 radical (unpaired) electrons. The van der Waals surface area contributed by atoms with Crippen molar-refractivity contribution in [2.45, 2.75) is 24.9 Å². The Hall–Kier alpha value is -1.17. The van der Waals surface area contributed by atoms with Crippen molar-refractivity contribution in [3.8, 4) is 0 Å². The van der Waals surface area contributed by atoms with Crippen LogP contribution in [0.15, 0.2) is 35.7 Å². The van der Waals surface area contributed by atoms with Crippen LogP contribution in [0.25, 0.3) is 6.08 Å². The Morgan fingerprint density at radius 1 is 1.11 bits per heavy atom. The molecule has 3 rings (SSSR count). The van der Waals surface area contributed by atoms with Crippen LogP contribution in [0.3, 0.4) is 0 Å². The van der Waals surface area contributed by atoms with Gasteiger partial charge in [0.25, 0.3) is 0 Å². The maximum atomic E-state index is 12.4. The molecule has 2 heterocycles. The highest BCUT2D eigenvalue weighted by atomic mass is 32.2. The molecule has 19 heavy (non-hydrogen) atoms. The van der Waals surface area contributed by atoms with E-state index in [0.29, 0.717) is 13.2 Å². The lowest BCUT2D eigenvalue weighted by molar-refractivity contribution is 0.0275. The van der Waals surface area contributed by atoms with Crippen LogP contribution >= 0.6 is 0 Å². The van der Waals surface area contributed by atoms with E-state index in [-0.39, 0.29) is 12.1 Å². The Kier molecular flexibility index (Phi) is 3.43. The van der Waals surface area contributed by atoms with Crippen LogP contribution in [-0.4, -0.2) is 38.0 Å². The van der Waals surface area contributed by atoms with Crippen molar-refractivity contribution in [3.05, 3.63) is 41.3 Å². The standard InChI is InChI=1S/C14H17NO3S/c16-19(17,9-8-12-4-2-1-3-5-12)15-13-6-7-14(15)11-18-10-13/h1-5,8-9,13-14H,6-7,10-11H2/b9-8+. The van der Waals surface area contributed by atoms with E-state index in [1.54, 1.807) is 10.4 Å². The zero-order valence-electron chi connectivity index (χ0n) is 10.6. The molecule has 2 aliphatic heterocycles. The molecule has 2 aliphatic rings. The van der Waals surface area contributed by atoms with Crippen molar-refractivity contribution in [3.63, 3.8) is 0 Å². The highest BCUT2D eigenvalue weighted by molar-refractivity contribution is 7.92. The van der Waals surface area contributed by atoms with Crippen molar-refractivity contribution in [2.24, 2.45) is 0 Å². The largest absolute Gasteiger partial charge is 0.378 e. The smallest absolute Gasteiger partial charge is 0.236 e. The predicted molar refractivity (Wildman–Crippen MR) is 73.9 cm³/mol. The van der Waals surface area contributed by atoms with Gasteiger partial charge in [0.2, 0.25) is 10.0 Å². The highest BCUT2D eigenvalue weighted by Gasteiger charge is 2.43. The third kappa shape index (κ3) is 2.59. The second-order valence-corrected chi connectivity index (χ2v) is 6.73. The zero-order valence-corrected chi connectivity index (χ0v) is 11.4. The number of sulfonamides is 1. The van der Waals surface area contributed by atoms with Gasteiger partial charge < -0.3 is 4.74 Å². The molecule has 0 amide bonds. The molecule has 0 spiro atoms. The van der Waals surface area contributed by atoms with Gasteiger partial charge in [-0.1, -0.05) is 30.3 Å². The van der Waals surface area contributed by atoms with Crippen LogP contribution in [-0.2, 0) is 14.8 Å². The number of hydrogen-bond donors (Lipinski definition) is 0. The molecule has 2 bridgehead atoms. The van der Waals surface area contributed by atoms with Gasteiger partial charge in [0.1, 0.15) is 0 Å². The number of ether oxygens (including phenoxy) is 1. The Balaban J connectivity index is 1.82. The molecule has 4 nitrogen and oxygen atoms in total.